The molecule has 0 aliphatic carbocycles. The quantitative estimate of drug-likeness (QED) is 0.747. The topological polar surface area (TPSA) is 41.1 Å². The van der Waals surface area contributed by atoms with Crippen molar-refractivity contribution in [1.82, 2.24) is 10.6 Å². The number of hydrogen-bond donors (Lipinski definition) is 2. The molecule has 0 radical (unpaired) electrons. The summed E-state index contributed by atoms with van der Waals surface area (Å²) in [6.45, 7) is 9.59. The minimum absolute atomic E-state index is 0.225. The van der Waals surface area contributed by atoms with Gasteiger partial charge < -0.3 is 10.6 Å². The van der Waals surface area contributed by atoms with E-state index in [1.54, 1.807) is 0 Å². The number of nitrogens with one attached hydrogen (secondary N) is 2. The molecule has 0 bridgehead atoms. The predicted octanol–water partition coefficient (Wildman–Crippen LogP) is 2.17. The molecule has 17 heavy (non-hydrogen) atoms. The standard InChI is InChI=1S/C14H28N2O/c1-4-11(2)9-16-14(17)8-12(3)13-6-5-7-15-10-13/h11-13,15H,4-10H2,1-3H3,(H,16,17). The molecule has 2 N–H and O–H groups in total. The summed E-state index contributed by atoms with van der Waals surface area (Å²) in [6.07, 6.45) is 4.33. The molecule has 3 heteroatoms. The summed E-state index contributed by atoms with van der Waals surface area (Å²) < 4.78 is 0. The van der Waals surface area contributed by atoms with Gasteiger partial charge in [0.1, 0.15) is 0 Å². The third-order valence-electron chi connectivity index (χ3n) is 3.99. The van der Waals surface area contributed by atoms with E-state index in [0.29, 0.717) is 24.2 Å². The smallest absolute Gasteiger partial charge is 0.220 e. The SMILES string of the molecule is CCC(C)CNC(=O)CC(C)C1CCCNC1. The molecular formula is C14H28N2O. The number of hydrogen-bond acceptors (Lipinski definition) is 2. The van der Waals surface area contributed by atoms with Gasteiger partial charge >= 0.3 is 0 Å². The number of carbonyl (C=O) groups is 1. The van der Waals surface area contributed by atoms with Crippen LogP contribution in [-0.2, 0) is 4.79 Å². The third kappa shape index (κ3) is 5.53. The lowest BCUT2D eigenvalue weighted by Gasteiger charge is -2.28. The Labute approximate surface area is 106 Å². The van der Waals surface area contributed by atoms with Crippen molar-refractivity contribution in [2.45, 2.75) is 46.5 Å². The average Bonchev–Trinajstić information content (AvgIpc) is 2.36. The van der Waals surface area contributed by atoms with Gasteiger partial charge in [0.25, 0.3) is 0 Å². The van der Waals surface area contributed by atoms with Crippen molar-refractivity contribution in [1.29, 1.82) is 0 Å². The second-order valence-electron chi connectivity index (χ2n) is 5.61. The van der Waals surface area contributed by atoms with Gasteiger partial charge in [-0.15, -0.1) is 0 Å². The fourth-order valence-electron chi connectivity index (χ4n) is 2.33. The van der Waals surface area contributed by atoms with Crippen molar-refractivity contribution in [3.63, 3.8) is 0 Å². The Morgan fingerprint density at radius 1 is 1.47 bits per heavy atom. The Morgan fingerprint density at radius 2 is 2.24 bits per heavy atom. The van der Waals surface area contributed by atoms with E-state index in [-0.39, 0.29) is 5.91 Å². The molecule has 1 aliphatic rings. The van der Waals surface area contributed by atoms with Gasteiger partial charge in [-0.1, -0.05) is 27.2 Å². The Balaban J connectivity index is 2.20. The maximum absolute atomic E-state index is 11.8. The van der Waals surface area contributed by atoms with Crippen LogP contribution in [-0.4, -0.2) is 25.5 Å². The summed E-state index contributed by atoms with van der Waals surface area (Å²) in [5, 5.41) is 6.46. The highest BCUT2D eigenvalue weighted by molar-refractivity contribution is 5.76. The molecule has 1 saturated heterocycles. The first kappa shape index (κ1) is 14.5. The molecule has 1 aliphatic heterocycles. The first-order valence-electron chi connectivity index (χ1n) is 7.10. The summed E-state index contributed by atoms with van der Waals surface area (Å²) in [5.41, 5.74) is 0. The zero-order chi connectivity index (χ0) is 12.7. The molecule has 0 spiro atoms. The highest BCUT2D eigenvalue weighted by Gasteiger charge is 2.21. The van der Waals surface area contributed by atoms with Crippen molar-refractivity contribution >= 4 is 5.91 Å². The summed E-state index contributed by atoms with van der Waals surface area (Å²) in [6, 6.07) is 0. The molecular weight excluding hydrogens is 212 g/mol. The van der Waals surface area contributed by atoms with E-state index in [9.17, 15) is 4.79 Å². The summed E-state index contributed by atoms with van der Waals surface area (Å²) in [4.78, 5) is 11.8. The monoisotopic (exact) mass is 240 g/mol. The molecule has 0 aromatic carbocycles. The molecule has 100 valence electrons. The zero-order valence-electron chi connectivity index (χ0n) is 11.6. The fourth-order valence-corrected chi connectivity index (χ4v) is 2.33. The first-order valence-corrected chi connectivity index (χ1v) is 7.10. The fraction of sp³-hybridized carbons (Fsp3) is 0.929. The first-order chi connectivity index (χ1) is 8.13. The lowest BCUT2D eigenvalue weighted by Crippen LogP contribution is -2.36. The minimum atomic E-state index is 0.225. The van der Waals surface area contributed by atoms with Gasteiger partial charge in [0.15, 0.2) is 0 Å². The molecule has 0 saturated carbocycles. The normalized spacial score (nSPS) is 24.1. The molecule has 1 amide bonds. The van der Waals surface area contributed by atoms with Gasteiger partial charge in [0.05, 0.1) is 0 Å². The molecule has 0 aromatic rings. The van der Waals surface area contributed by atoms with E-state index in [1.807, 2.05) is 0 Å². The maximum atomic E-state index is 11.8. The highest BCUT2D eigenvalue weighted by atomic mass is 16.1. The van der Waals surface area contributed by atoms with E-state index in [2.05, 4.69) is 31.4 Å². The van der Waals surface area contributed by atoms with Crippen LogP contribution in [0.5, 0.6) is 0 Å². The minimum Gasteiger partial charge on any atom is -0.356 e. The van der Waals surface area contributed by atoms with Crippen LogP contribution < -0.4 is 10.6 Å². The molecule has 3 unspecified atom stereocenters. The second-order valence-corrected chi connectivity index (χ2v) is 5.61. The van der Waals surface area contributed by atoms with Crippen LogP contribution >= 0.6 is 0 Å². The maximum Gasteiger partial charge on any atom is 0.220 e. The number of piperidine rings is 1. The van der Waals surface area contributed by atoms with Crippen LogP contribution in [0.2, 0.25) is 0 Å². The van der Waals surface area contributed by atoms with Crippen LogP contribution in [0, 0.1) is 17.8 Å². The zero-order valence-corrected chi connectivity index (χ0v) is 11.6. The Bertz CT molecular complexity index is 224. The van der Waals surface area contributed by atoms with Gasteiger partial charge in [-0.25, -0.2) is 0 Å². The predicted molar refractivity (Wildman–Crippen MR) is 71.8 cm³/mol. The molecule has 0 aromatic heterocycles. The van der Waals surface area contributed by atoms with Crippen molar-refractivity contribution < 1.29 is 4.79 Å². The largest absolute Gasteiger partial charge is 0.356 e. The van der Waals surface area contributed by atoms with Crippen LogP contribution in [0.15, 0.2) is 0 Å². The number of amides is 1. The van der Waals surface area contributed by atoms with Crippen LogP contribution in [0.25, 0.3) is 0 Å². The van der Waals surface area contributed by atoms with Gasteiger partial charge in [0.2, 0.25) is 5.91 Å². The average molecular weight is 240 g/mol. The molecule has 3 nitrogen and oxygen atoms in total. The van der Waals surface area contributed by atoms with Gasteiger partial charge in [-0.05, 0) is 43.7 Å². The van der Waals surface area contributed by atoms with Crippen LogP contribution in [0.1, 0.15) is 46.5 Å². The van der Waals surface area contributed by atoms with E-state index < -0.39 is 0 Å². The van der Waals surface area contributed by atoms with Gasteiger partial charge in [-0.3, -0.25) is 4.79 Å². The second kappa shape index (κ2) is 7.70. The molecule has 3 atom stereocenters. The molecule has 1 heterocycles. The Morgan fingerprint density at radius 3 is 2.82 bits per heavy atom. The summed E-state index contributed by atoms with van der Waals surface area (Å²) >= 11 is 0. The lowest BCUT2D eigenvalue weighted by atomic mass is 9.85. The van der Waals surface area contributed by atoms with Crippen molar-refractivity contribution in [3.05, 3.63) is 0 Å². The highest BCUT2D eigenvalue weighted by Crippen LogP contribution is 2.22. The van der Waals surface area contributed by atoms with E-state index >= 15 is 0 Å². The summed E-state index contributed by atoms with van der Waals surface area (Å²) in [7, 11) is 0. The number of carbonyl (C=O) groups excluding carboxylic acids is 1. The van der Waals surface area contributed by atoms with E-state index in [0.717, 1.165) is 26.1 Å². The summed E-state index contributed by atoms with van der Waals surface area (Å²) in [5.74, 6) is 1.99. The van der Waals surface area contributed by atoms with Crippen molar-refractivity contribution in [3.8, 4) is 0 Å². The number of rotatable bonds is 6. The van der Waals surface area contributed by atoms with Gasteiger partial charge in [0, 0.05) is 13.0 Å². The van der Waals surface area contributed by atoms with E-state index in [1.165, 1.54) is 12.8 Å². The van der Waals surface area contributed by atoms with E-state index in [4.69, 9.17) is 0 Å². The third-order valence-corrected chi connectivity index (χ3v) is 3.99. The van der Waals surface area contributed by atoms with Crippen LogP contribution in [0.4, 0.5) is 0 Å². The Hall–Kier alpha value is -0.570. The van der Waals surface area contributed by atoms with Crippen LogP contribution in [0.3, 0.4) is 0 Å². The van der Waals surface area contributed by atoms with Crippen molar-refractivity contribution in [2.24, 2.45) is 17.8 Å². The molecule has 1 rings (SSSR count). The molecule has 1 fully saturated rings. The lowest BCUT2D eigenvalue weighted by molar-refractivity contribution is -0.122. The van der Waals surface area contributed by atoms with Gasteiger partial charge in [-0.2, -0.15) is 0 Å². The Kier molecular flexibility index (Phi) is 6.56. The van der Waals surface area contributed by atoms with Crippen molar-refractivity contribution in [2.75, 3.05) is 19.6 Å².